The average Bonchev–Trinajstić information content (AvgIpc) is 2.82. The molecule has 7 nitrogen and oxygen atoms in total. The number of carbonyl (C=O) groups is 1. The van der Waals surface area contributed by atoms with Gasteiger partial charge in [-0.05, 0) is 6.42 Å². The van der Waals surface area contributed by atoms with Gasteiger partial charge in [-0.15, -0.1) is 0 Å². The molecular formula is C11H16N4O3S. The van der Waals surface area contributed by atoms with Crippen molar-refractivity contribution in [2.45, 2.75) is 18.9 Å². The van der Waals surface area contributed by atoms with Crippen molar-refractivity contribution in [3.63, 3.8) is 0 Å². The molecule has 0 atom stereocenters. The zero-order chi connectivity index (χ0) is 13.6. The van der Waals surface area contributed by atoms with Crippen molar-refractivity contribution in [1.82, 2.24) is 14.1 Å². The van der Waals surface area contributed by atoms with Crippen LogP contribution >= 0.6 is 0 Å². The van der Waals surface area contributed by atoms with E-state index in [1.807, 2.05) is 6.20 Å². The fourth-order valence-electron chi connectivity index (χ4n) is 2.44. The molecule has 8 heteroatoms. The van der Waals surface area contributed by atoms with E-state index in [9.17, 15) is 13.2 Å². The Bertz CT molecular complexity index is 603. The van der Waals surface area contributed by atoms with Crippen molar-refractivity contribution < 1.29 is 13.2 Å². The Morgan fingerprint density at radius 3 is 2.68 bits per heavy atom. The zero-order valence-corrected chi connectivity index (χ0v) is 11.5. The Hall–Kier alpha value is -1.41. The van der Waals surface area contributed by atoms with Gasteiger partial charge in [-0.3, -0.25) is 9.48 Å². The molecule has 2 fully saturated rings. The summed E-state index contributed by atoms with van der Waals surface area (Å²) in [6.45, 7) is 1.65. The highest BCUT2D eigenvalue weighted by Gasteiger charge is 2.35. The van der Waals surface area contributed by atoms with Crippen LogP contribution in [0.15, 0.2) is 12.4 Å². The summed E-state index contributed by atoms with van der Waals surface area (Å²) in [5.74, 6) is 0.130. The first-order valence-electron chi connectivity index (χ1n) is 6.25. The molecule has 2 aliphatic rings. The summed E-state index contributed by atoms with van der Waals surface area (Å²) in [6, 6.07) is 0.0705. The SMILES string of the molecule is CS(=O)(=O)N1CC(n2cc(N3CCCC3=O)cn2)C1. The second-order valence-corrected chi connectivity index (χ2v) is 7.04. The van der Waals surface area contributed by atoms with Crippen LogP contribution in [0.2, 0.25) is 0 Å². The zero-order valence-electron chi connectivity index (χ0n) is 10.7. The second kappa shape index (κ2) is 4.31. The standard InChI is InChI=1S/C11H16N4O3S/c1-19(17,18)13-6-10(7-13)15-8-9(5-12-15)14-4-2-3-11(14)16/h5,8,10H,2-4,6-7H2,1H3. The van der Waals surface area contributed by atoms with E-state index >= 15 is 0 Å². The Balaban J connectivity index is 1.68. The van der Waals surface area contributed by atoms with Gasteiger partial charge in [-0.25, -0.2) is 8.42 Å². The smallest absolute Gasteiger partial charge is 0.227 e. The van der Waals surface area contributed by atoms with Gasteiger partial charge in [0.05, 0.1) is 24.2 Å². The van der Waals surface area contributed by atoms with Gasteiger partial charge in [0.25, 0.3) is 0 Å². The molecule has 0 aromatic carbocycles. The number of rotatable bonds is 3. The number of hydrogen-bond acceptors (Lipinski definition) is 4. The molecule has 0 bridgehead atoms. The number of nitrogens with zero attached hydrogens (tertiary/aromatic N) is 4. The van der Waals surface area contributed by atoms with Gasteiger partial charge in [-0.1, -0.05) is 0 Å². The largest absolute Gasteiger partial charge is 0.309 e. The van der Waals surface area contributed by atoms with E-state index in [0.29, 0.717) is 19.5 Å². The van der Waals surface area contributed by atoms with E-state index in [0.717, 1.165) is 18.7 Å². The van der Waals surface area contributed by atoms with Crippen molar-refractivity contribution in [3.8, 4) is 0 Å². The Morgan fingerprint density at radius 2 is 2.11 bits per heavy atom. The summed E-state index contributed by atoms with van der Waals surface area (Å²) in [5, 5.41) is 4.24. The number of hydrogen-bond donors (Lipinski definition) is 0. The monoisotopic (exact) mass is 284 g/mol. The number of sulfonamides is 1. The average molecular weight is 284 g/mol. The van der Waals surface area contributed by atoms with Gasteiger partial charge < -0.3 is 4.90 Å². The molecule has 0 spiro atoms. The molecule has 0 radical (unpaired) electrons. The second-order valence-electron chi connectivity index (χ2n) is 5.06. The minimum Gasteiger partial charge on any atom is -0.309 e. The third kappa shape index (κ3) is 2.25. The lowest BCUT2D eigenvalue weighted by Gasteiger charge is -2.37. The van der Waals surface area contributed by atoms with Gasteiger partial charge in [-0.2, -0.15) is 9.40 Å². The molecule has 104 valence electrons. The Kier molecular flexibility index (Phi) is 2.86. The number of carbonyl (C=O) groups excluding carboxylic acids is 1. The third-order valence-corrected chi connectivity index (χ3v) is 4.88. The summed E-state index contributed by atoms with van der Waals surface area (Å²) in [4.78, 5) is 13.4. The molecule has 2 aliphatic heterocycles. The molecule has 2 saturated heterocycles. The molecule has 0 aliphatic carbocycles. The lowest BCUT2D eigenvalue weighted by Crippen LogP contribution is -2.50. The van der Waals surface area contributed by atoms with E-state index in [4.69, 9.17) is 0 Å². The van der Waals surface area contributed by atoms with Crippen molar-refractivity contribution in [1.29, 1.82) is 0 Å². The van der Waals surface area contributed by atoms with Crippen LogP contribution in [0.1, 0.15) is 18.9 Å². The summed E-state index contributed by atoms with van der Waals surface area (Å²) in [5.41, 5.74) is 0.806. The first kappa shape index (κ1) is 12.6. The lowest BCUT2D eigenvalue weighted by atomic mass is 10.2. The lowest BCUT2D eigenvalue weighted by molar-refractivity contribution is -0.117. The molecule has 3 heterocycles. The summed E-state index contributed by atoms with van der Waals surface area (Å²) >= 11 is 0. The first-order chi connectivity index (χ1) is 8.95. The fraction of sp³-hybridized carbons (Fsp3) is 0.636. The summed E-state index contributed by atoms with van der Waals surface area (Å²) in [6.07, 6.45) is 6.19. The maximum atomic E-state index is 11.6. The molecule has 0 saturated carbocycles. The third-order valence-electron chi connectivity index (χ3n) is 3.64. The minimum atomic E-state index is -3.10. The molecule has 19 heavy (non-hydrogen) atoms. The quantitative estimate of drug-likeness (QED) is 0.772. The van der Waals surface area contributed by atoms with Crippen LogP contribution in [0.25, 0.3) is 0 Å². The molecular weight excluding hydrogens is 268 g/mol. The van der Waals surface area contributed by atoms with Gasteiger partial charge >= 0.3 is 0 Å². The highest BCUT2D eigenvalue weighted by molar-refractivity contribution is 7.88. The highest BCUT2D eigenvalue weighted by Crippen LogP contribution is 2.26. The molecule has 3 rings (SSSR count). The molecule has 1 amide bonds. The predicted octanol–water partition coefficient (Wildman–Crippen LogP) is -0.174. The first-order valence-corrected chi connectivity index (χ1v) is 8.09. The Labute approximate surface area is 111 Å². The fourth-order valence-corrected chi connectivity index (χ4v) is 3.33. The van der Waals surface area contributed by atoms with Gasteiger partial charge in [0.15, 0.2) is 0 Å². The van der Waals surface area contributed by atoms with Crippen molar-refractivity contribution >= 4 is 21.6 Å². The molecule has 0 unspecified atom stereocenters. The van der Waals surface area contributed by atoms with E-state index in [-0.39, 0.29) is 11.9 Å². The summed E-state index contributed by atoms with van der Waals surface area (Å²) in [7, 11) is -3.10. The van der Waals surface area contributed by atoms with E-state index in [2.05, 4.69) is 5.10 Å². The van der Waals surface area contributed by atoms with Crippen LogP contribution in [-0.4, -0.2) is 54.3 Å². The van der Waals surface area contributed by atoms with Crippen LogP contribution in [0.5, 0.6) is 0 Å². The van der Waals surface area contributed by atoms with Gasteiger partial charge in [0.2, 0.25) is 15.9 Å². The maximum absolute atomic E-state index is 11.6. The number of aromatic nitrogens is 2. The van der Waals surface area contributed by atoms with Crippen LogP contribution in [0.3, 0.4) is 0 Å². The van der Waals surface area contributed by atoms with E-state index in [1.165, 1.54) is 10.6 Å². The van der Waals surface area contributed by atoms with Crippen molar-refractivity contribution in [2.75, 3.05) is 30.8 Å². The van der Waals surface area contributed by atoms with Gasteiger partial charge in [0.1, 0.15) is 0 Å². The molecule has 0 N–H and O–H groups in total. The maximum Gasteiger partial charge on any atom is 0.227 e. The van der Waals surface area contributed by atoms with Crippen LogP contribution in [-0.2, 0) is 14.8 Å². The van der Waals surface area contributed by atoms with Crippen LogP contribution in [0, 0.1) is 0 Å². The number of amides is 1. The van der Waals surface area contributed by atoms with Gasteiger partial charge in [0, 0.05) is 32.3 Å². The Morgan fingerprint density at radius 1 is 1.37 bits per heavy atom. The van der Waals surface area contributed by atoms with E-state index < -0.39 is 10.0 Å². The van der Waals surface area contributed by atoms with Crippen LogP contribution in [0.4, 0.5) is 5.69 Å². The molecule has 1 aromatic rings. The normalized spacial score (nSPS) is 21.9. The highest BCUT2D eigenvalue weighted by atomic mass is 32.2. The molecule has 1 aromatic heterocycles. The predicted molar refractivity (Wildman–Crippen MR) is 69.3 cm³/mol. The topological polar surface area (TPSA) is 75.5 Å². The summed E-state index contributed by atoms with van der Waals surface area (Å²) < 4.78 is 25.8. The van der Waals surface area contributed by atoms with Crippen LogP contribution < -0.4 is 4.90 Å². The minimum absolute atomic E-state index is 0.0705. The van der Waals surface area contributed by atoms with Crippen molar-refractivity contribution in [2.24, 2.45) is 0 Å². The van der Waals surface area contributed by atoms with E-state index in [1.54, 1.807) is 15.8 Å². The van der Waals surface area contributed by atoms with Crippen molar-refractivity contribution in [3.05, 3.63) is 12.4 Å². The number of anilines is 1.